The number of rotatable bonds is 7. The van der Waals surface area contributed by atoms with Crippen LogP contribution >= 0.6 is 11.6 Å². The van der Waals surface area contributed by atoms with Crippen LogP contribution in [-0.2, 0) is 23.1 Å². The van der Waals surface area contributed by atoms with Gasteiger partial charge in [0.15, 0.2) is 0 Å². The summed E-state index contributed by atoms with van der Waals surface area (Å²) in [4.78, 5) is 33.6. The molecule has 3 rings (SSSR count). The number of H-pyrrole nitrogens is 1. The lowest BCUT2D eigenvalue weighted by molar-refractivity contribution is 0.0945. The van der Waals surface area contributed by atoms with Crippen LogP contribution in [0, 0.1) is 5.82 Å². The van der Waals surface area contributed by atoms with Crippen LogP contribution in [0.5, 0.6) is 0 Å². The van der Waals surface area contributed by atoms with Crippen molar-refractivity contribution < 1.29 is 17.6 Å². The number of amides is 1. The Morgan fingerprint density at radius 3 is 2.60 bits per heavy atom. The lowest BCUT2D eigenvalue weighted by Gasteiger charge is -2.08. The van der Waals surface area contributed by atoms with Crippen LogP contribution in [0.2, 0.25) is 5.02 Å². The van der Waals surface area contributed by atoms with Crippen molar-refractivity contribution in [2.24, 2.45) is 0 Å². The molecule has 0 bridgehead atoms. The molecule has 1 amide bonds. The number of carbonyl (C=O) groups excluding carboxylic acids is 1. The van der Waals surface area contributed by atoms with Crippen molar-refractivity contribution >= 4 is 27.5 Å². The number of sulfonamides is 1. The molecule has 9 nitrogen and oxygen atoms in total. The van der Waals surface area contributed by atoms with Crippen LogP contribution in [-0.4, -0.2) is 29.3 Å². The molecule has 2 aromatic heterocycles. The van der Waals surface area contributed by atoms with Crippen molar-refractivity contribution in [2.75, 3.05) is 0 Å². The third-order valence-corrected chi connectivity index (χ3v) is 5.56. The third-order valence-electron chi connectivity index (χ3n) is 3.88. The summed E-state index contributed by atoms with van der Waals surface area (Å²) in [7, 11) is -3.94. The predicted octanol–water partition coefficient (Wildman–Crippen LogP) is 1.37. The van der Waals surface area contributed by atoms with Gasteiger partial charge >= 0.3 is 0 Å². The van der Waals surface area contributed by atoms with Gasteiger partial charge in [0.1, 0.15) is 11.5 Å². The van der Waals surface area contributed by atoms with E-state index in [1.165, 1.54) is 24.7 Å². The van der Waals surface area contributed by atoms with Crippen LogP contribution in [0.1, 0.15) is 21.7 Å². The summed E-state index contributed by atoms with van der Waals surface area (Å²) in [6.07, 6.45) is 3.92. The molecule has 2 heterocycles. The molecule has 12 heteroatoms. The monoisotopic (exact) mass is 451 g/mol. The van der Waals surface area contributed by atoms with Gasteiger partial charge in [-0.05, 0) is 29.8 Å². The Bertz CT molecular complexity index is 1230. The first kappa shape index (κ1) is 21.6. The van der Waals surface area contributed by atoms with E-state index >= 15 is 0 Å². The van der Waals surface area contributed by atoms with E-state index in [4.69, 9.17) is 11.6 Å². The Labute approximate surface area is 175 Å². The third kappa shape index (κ3) is 5.47. The molecule has 30 heavy (non-hydrogen) atoms. The Balaban J connectivity index is 1.59. The van der Waals surface area contributed by atoms with Crippen LogP contribution < -0.4 is 15.6 Å². The van der Waals surface area contributed by atoms with E-state index in [0.717, 1.165) is 18.2 Å². The number of nitrogens with zero attached hydrogens (tertiary/aromatic N) is 2. The zero-order chi connectivity index (χ0) is 21.7. The number of hydrogen-bond donors (Lipinski definition) is 3. The number of hydrogen-bond acceptors (Lipinski definition) is 6. The van der Waals surface area contributed by atoms with Gasteiger partial charge in [0.25, 0.3) is 5.91 Å². The first-order chi connectivity index (χ1) is 14.2. The van der Waals surface area contributed by atoms with Gasteiger partial charge in [0, 0.05) is 18.8 Å². The molecule has 0 aliphatic carbocycles. The largest absolute Gasteiger partial charge is 0.347 e. The van der Waals surface area contributed by atoms with Crippen molar-refractivity contribution in [3.8, 4) is 0 Å². The van der Waals surface area contributed by atoms with Gasteiger partial charge in [-0.1, -0.05) is 11.6 Å². The molecule has 3 aromatic rings. The van der Waals surface area contributed by atoms with Gasteiger partial charge in [-0.25, -0.2) is 22.5 Å². The SMILES string of the molecule is O=C(NCc1cc[nH]c(=O)c1)c1cnc(CNS(=O)(=O)c2ccc(F)c(Cl)c2)cn1. The highest BCUT2D eigenvalue weighted by Crippen LogP contribution is 2.19. The summed E-state index contributed by atoms with van der Waals surface area (Å²) in [6, 6.07) is 6.05. The highest BCUT2D eigenvalue weighted by molar-refractivity contribution is 7.89. The molecule has 0 radical (unpaired) electrons. The lowest BCUT2D eigenvalue weighted by Crippen LogP contribution is -2.26. The minimum absolute atomic E-state index is 0.0248. The maximum Gasteiger partial charge on any atom is 0.271 e. The predicted molar refractivity (Wildman–Crippen MR) is 106 cm³/mol. The van der Waals surface area contributed by atoms with Crippen molar-refractivity contribution in [1.82, 2.24) is 25.0 Å². The van der Waals surface area contributed by atoms with E-state index in [-0.39, 0.29) is 40.0 Å². The first-order valence-electron chi connectivity index (χ1n) is 8.46. The number of carbonyl (C=O) groups is 1. The first-order valence-corrected chi connectivity index (χ1v) is 10.3. The number of pyridine rings is 1. The average Bonchev–Trinajstić information content (AvgIpc) is 2.73. The fraction of sp³-hybridized carbons (Fsp3) is 0.111. The molecule has 0 spiro atoms. The lowest BCUT2D eigenvalue weighted by atomic mass is 10.2. The maximum absolute atomic E-state index is 13.2. The Morgan fingerprint density at radius 1 is 1.13 bits per heavy atom. The maximum atomic E-state index is 13.2. The van der Waals surface area contributed by atoms with Crippen LogP contribution in [0.25, 0.3) is 0 Å². The molecule has 1 aromatic carbocycles. The number of aromatic amines is 1. The zero-order valence-electron chi connectivity index (χ0n) is 15.2. The van der Waals surface area contributed by atoms with Crippen LogP contribution in [0.3, 0.4) is 0 Å². The number of nitrogens with one attached hydrogen (secondary N) is 3. The van der Waals surface area contributed by atoms with Crippen molar-refractivity contribution in [3.63, 3.8) is 0 Å². The van der Waals surface area contributed by atoms with E-state index < -0.39 is 21.7 Å². The topological polar surface area (TPSA) is 134 Å². The molecule has 0 aliphatic heterocycles. The number of halogens is 2. The summed E-state index contributed by atoms with van der Waals surface area (Å²) >= 11 is 5.61. The zero-order valence-corrected chi connectivity index (χ0v) is 16.8. The van der Waals surface area contributed by atoms with E-state index in [2.05, 4.69) is 25.0 Å². The Hall–Kier alpha value is -3.15. The van der Waals surface area contributed by atoms with E-state index in [1.54, 1.807) is 6.07 Å². The van der Waals surface area contributed by atoms with Crippen LogP contribution in [0.4, 0.5) is 4.39 Å². The van der Waals surface area contributed by atoms with Gasteiger partial charge < -0.3 is 10.3 Å². The molecule has 0 aliphatic rings. The van der Waals surface area contributed by atoms with Gasteiger partial charge in [-0.3, -0.25) is 14.6 Å². The minimum Gasteiger partial charge on any atom is -0.347 e. The van der Waals surface area contributed by atoms with E-state index in [0.29, 0.717) is 5.56 Å². The Morgan fingerprint density at radius 2 is 1.93 bits per heavy atom. The summed E-state index contributed by atoms with van der Waals surface area (Å²) in [6.45, 7) is -0.0643. The van der Waals surface area contributed by atoms with Gasteiger partial charge in [-0.15, -0.1) is 0 Å². The van der Waals surface area contributed by atoms with E-state index in [1.807, 2.05) is 0 Å². The molecule has 0 saturated carbocycles. The van der Waals surface area contributed by atoms with Crippen LogP contribution in [0.15, 0.2) is 58.6 Å². The molecule has 0 saturated heterocycles. The summed E-state index contributed by atoms with van der Waals surface area (Å²) < 4.78 is 40.0. The second-order valence-corrected chi connectivity index (χ2v) is 8.21. The molecule has 0 unspecified atom stereocenters. The molecule has 3 N–H and O–H groups in total. The fourth-order valence-corrected chi connectivity index (χ4v) is 3.60. The minimum atomic E-state index is -3.94. The highest BCUT2D eigenvalue weighted by atomic mass is 35.5. The summed E-state index contributed by atoms with van der Waals surface area (Å²) in [5.41, 5.74) is 0.623. The quantitative estimate of drug-likeness (QED) is 0.496. The van der Waals surface area contributed by atoms with E-state index in [9.17, 15) is 22.4 Å². The second-order valence-electron chi connectivity index (χ2n) is 6.04. The molecular weight excluding hydrogens is 437 g/mol. The molecule has 156 valence electrons. The Kier molecular flexibility index (Phi) is 6.55. The van der Waals surface area contributed by atoms with Crippen molar-refractivity contribution in [1.29, 1.82) is 0 Å². The summed E-state index contributed by atoms with van der Waals surface area (Å²) in [5.74, 6) is -1.23. The highest BCUT2D eigenvalue weighted by Gasteiger charge is 2.16. The van der Waals surface area contributed by atoms with Crippen molar-refractivity contribution in [2.45, 2.75) is 18.0 Å². The second kappa shape index (κ2) is 9.11. The van der Waals surface area contributed by atoms with Gasteiger partial charge in [0.05, 0.1) is 34.6 Å². The number of benzene rings is 1. The summed E-state index contributed by atoms with van der Waals surface area (Å²) in [5, 5.41) is 2.29. The number of aromatic nitrogens is 3. The molecule has 0 atom stereocenters. The normalized spacial score (nSPS) is 11.3. The molecule has 0 fully saturated rings. The van der Waals surface area contributed by atoms with Gasteiger partial charge in [-0.2, -0.15) is 0 Å². The molecular formula is C18H15ClFN5O4S. The average molecular weight is 452 g/mol. The fourth-order valence-electron chi connectivity index (χ4n) is 2.33. The van der Waals surface area contributed by atoms with Crippen molar-refractivity contribution in [3.05, 3.63) is 87.1 Å². The van der Waals surface area contributed by atoms with Gasteiger partial charge in [0.2, 0.25) is 15.6 Å². The standard InChI is InChI=1S/C18H15ClFN5O4S/c19-14-6-13(1-2-15(14)20)30(28,29)25-9-12-8-23-16(10-22-12)18(27)24-7-11-3-4-21-17(26)5-11/h1-6,8,10,25H,7,9H2,(H,21,26)(H,24,27). The smallest absolute Gasteiger partial charge is 0.271 e.